The summed E-state index contributed by atoms with van der Waals surface area (Å²) in [5.41, 5.74) is 2.92. The molecule has 1 fully saturated rings. The van der Waals surface area contributed by atoms with E-state index in [-0.39, 0.29) is 0 Å². The molecule has 4 nitrogen and oxygen atoms in total. The van der Waals surface area contributed by atoms with Crippen LogP contribution in [-0.2, 0) is 6.42 Å². The predicted molar refractivity (Wildman–Crippen MR) is 85.8 cm³/mol. The standard InChI is InChI=1S/C16H16N4S/c1-3-13(10-17-6-1)20-15(9-12-5-8-21-11-12)19-14-4-2-7-18-16(14)20/h1-4,6-7,10,12H,5,8-9,11H2. The Labute approximate surface area is 127 Å². The average Bonchev–Trinajstić information content (AvgIpc) is 3.15. The molecule has 0 saturated carbocycles. The predicted octanol–water partition coefficient (Wildman–Crippen LogP) is 3.11. The number of hydrogen-bond donors (Lipinski definition) is 0. The summed E-state index contributed by atoms with van der Waals surface area (Å²) in [4.78, 5) is 13.6. The smallest absolute Gasteiger partial charge is 0.164 e. The third-order valence-electron chi connectivity index (χ3n) is 3.88. The second kappa shape index (κ2) is 5.48. The third-order valence-corrected chi connectivity index (χ3v) is 5.12. The molecule has 106 valence electrons. The summed E-state index contributed by atoms with van der Waals surface area (Å²) in [6, 6.07) is 8.00. The molecule has 0 radical (unpaired) electrons. The van der Waals surface area contributed by atoms with Gasteiger partial charge in [0, 0.05) is 18.8 Å². The van der Waals surface area contributed by atoms with Crippen molar-refractivity contribution in [1.29, 1.82) is 0 Å². The molecule has 0 bridgehead atoms. The molecule has 1 aliphatic rings. The van der Waals surface area contributed by atoms with Crippen molar-refractivity contribution in [1.82, 2.24) is 19.5 Å². The van der Waals surface area contributed by atoms with Crippen LogP contribution in [0, 0.1) is 5.92 Å². The Morgan fingerprint density at radius 1 is 1.24 bits per heavy atom. The highest BCUT2D eigenvalue weighted by atomic mass is 32.2. The van der Waals surface area contributed by atoms with E-state index in [0.29, 0.717) is 0 Å². The molecule has 5 heteroatoms. The second-order valence-electron chi connectivity index (χ2n) is 5.35. The highest BCUT2D eigenvalue weighted by Crippen LogP contribution is 2.28. The lowest BCUT2D eigenvalue weighted by molar-refractivity contribution is 0.572. The van der Waals surface area contributed by atoms with Gasteiger partial charge in [-0.3, -0.25) is 9.55 Å². The zero-order chi connectivity index (χ0) is 14.1. The molecule has 4 rings (SSSR count). The minimum absolute atomic E-state index is 0.724. The fourth-order valence-electron chi connectivity index (χ4n) is 2.86. The average molecular weight is 296 g/mol. The molecular formula is C16H16N4S. The maximum atomic E-state index is 4.82. The van der Waals surface area contributed by atoms with E-state index in [2.05, 4.69) is 20.6 Å². The van der Waals surface area contributed by atoms with Gasteiger partial charge in [0.1, 0.15) is 11.3 Å². The lowest BCUT2D eigenvalue weighted by atomic mass is 10.1. The van der Waals surface area contributed by atoms with Gasteiger partial charge in [-0.15, -0.1) is 0 Å². The van der Waals surface area contributed by atoms with E-state index >= 15 is 0 Å². The fourth-order valence-corrected chi connectivity index (χ4v) is 4.14. The number of hydrogen-bond acceptors (Lipinski definition) is 4. The van der Waals surface area contributed by atoms with Crippen LogP contribution in [-0.4, -0.2) is 31.0 Å². The molecule has 4 heterocycles. The highest BCUT2D eigenvalue weighted by Gasteiger charge is 2.21. The Morgan fingerprint density at radius 3 is 3.00 bits per heavy atom. The number of rotatable bonds is 3. The molecule has 1 saturated heterocycles. The van der Waals surface area contributed by atoms with E-state index in [1.165, 1.54) is 17.9 Å². The van der Waals surface area contributed by atoms with Gasteiger partial charge in [0.05, 0.1) is 11.9 Å². The summed E-state index contributed by atoms with van der Waals surface area (Å²) >= 11 is 2.04. The van der Waals surface area contributed by atoms with Gasteiger partial charge in [0.15, 0.2) is 5.65 Å². The minimum Gasteiger partial charge on any atom is -0.279 e. The van der Waals surface area contributed by atoms with Gasteiger partial charge in [-0.25, -0.2) is 9.97 Å². The summed E-state index contributed by atoms with van der Waals surface area (Å²) in [5.74, 6) is 4.34. The van der Waals surface area contributed by atoms with Crippen LogP contribution >= 0.6 is 11.8 Å². The van der Waals surface area contributed by atoms with Gasteiger partial charge in [-0.2, -0.15) is 11.8 Å². The Balaban J connectivity index is 1.84. The summed E-state index contributed by atoms with van der Waals surface area (Å²) < 4.78 is 2.16. The number of nitrogens with zero attached hydrogens (tertiary/aromatic N) is 4. The van der Waals surface area contributed by atoms with E-state index in [1.807, 2.05) is 42.4 Å². The first-order valence-corrected chi connectivity index (χ1v) is 8.38. The molecule has 0 aliphatic carbocycles. The first-order valence-electron chi connectivity index (χ1n) is 7.22. The van der Waals surface area contributed by atoms with Crippen LogP contribution in [0.5, 0.6) is 0 Å². The zero-order valence-electron chi connectivity index (χ0n) is 11.6. The van der Waals surface area contributed by atoms with Crippen molar-refractivity contribution >= 4 is 22.9 Å². The van der Waals surface area contributed by atoms with Gasteiger partial charge in [-0.05, 0) is 48.1 Å². The van der Waals surface area contributed by atoms with Crippen LogP contribution in [0.4, 0.5) is 0 Å². The normalized spacial score (nSPS) is 18.4. The SMILES string of the molecule is c1cncc(-n2c(CC3CCSC3)nc3cccnc32)c1. The monoisotopic (exact) mass is 296 g/mol. The first-order chi connectivity index (χ1) is 10.4. The van der Waals surface area contributed by atoms with Crippen LogP contribution in [0.3, 0.4) is 0 Å². The van der Waals surface area contributed by atoms with Gasteiger partial charge in [0.2, 0.25) is 0 Å². The lowest BCUT2D eigenvalue weighted by Crippen LogP contribution is -2.09. The van der Waals surface area contributed by atoms with Crippen LogP contribution in [0.2, 0.25) is 0 Å². The molecule has 21 heavy (non-hydrogen) atoms. The van der Waals surface area contributed by atoms with Gasteiger partial charge in [0.25, 0.3) is 0 Å². The Bertz CT molecular complexity index is 747. The number of aromatic nitrogens is 4. The van der Waals surface area contributed by atoms with Gasteiger partial charge < -0.3 is 0 Å². The Kier molecular flexibility index (Phi) is 3.35. The van der Waals surface area contributed by atoms with Crippen molar-refractivity contribution in [2.45, 2.75) is 12.8 Å². The summed E-state index contributed by atoms with van der Waals surface area (Å²) in [6.07, 6.45) is 7.80. The Morgan fingerprint density at radius 2 is 2.19 bits per heavy atom. The minimum atomic E-state index is 0.724. The van der Waals surface area contributed by atoms with E-state index in [0.717, 1.165) is 35.0 Å². The Hall–Kier alpha value is -1.88. The molecule has 1 atom stereocenters. The number of imidazole rings is 1. The number of thioether (sulfide) groups is 1. The molecule has 0 spiro atoms. The quantitative estimate of drug-likeness (QED) is 0.745. The summed E-state index contributed by atoms with van der Waals surface area (Å²) in [7, 11) is 0. The van der Waals surface area contributed by atoms with Crippen molar-refractivity contribution in [3.05, 3.63) is 48.7 Å². The van der Waals surface area contributed by atoms with E-state index < -0.39 is 0 Å². The highest BCUT2D eigenvalue weighted by molar-refractivity contribution is 7.99. The van der Waals surface area contributed by atoms with E-state index in [1.54, 1.807) is 6.20 Å². The van der Waals surface area contributed by atoms with Crippen LogP contribution in [0.1, 0.15) is 12.2 Å². The van der Waals surface area contributed by atoms with Crippen molar-refractivity contribution in [3.63, 3.8) is 0 Å². The van der Waals surface area contributed by atoms with Crippen molar-refractivity contribution in [3.8, 4) is 5.69 Å². The summed E-state index contributed by atoms with van der Waals surface area (Å²) in [6.45, 7) is 0. The summed E-state index contributed by atoms with van der Waals surface area (Å²) in [5, 5.41) is 0. The molecule has 3 aromatic heterocycles. The second-order valence-corrected chi connectivity index (χ2v) is 6.50. The molecule has 0 N–H and O–H groups in total. The lowest BCUT2D eigenvalue weighted by Gasteiger charge is -2.11. The van der Waals surface area contributed by atoms with E-state index in [4.69, 9.17) is 4.98 Å². The van der Waals surface area contributed by atoms with Crippen molar-refractivity contribution < 1.29 is 0 Å². The third kappa shape index (κ3) is 2.42. The van der Waals surface area contributed by atoms with Crippen molar-refractivity contribution in [2.75, 3.05) is 11.5 Å². The number of fused-ring (bicyclic) bond motifs is 1. The molecule has 0 aromatic carbocycles. The molecular weight excluding hydrogens is 280 g/mol. The largest absolute Gasteiger partial charge is 0.279 e. The fraction of sp³-hybridized carbons (Fsp3) is 0.312. The van der Waals surface area contributed by atoms with Crippen molar-refractivity contribution in [2.24, 2.45) is 5.92 Å². The van der Waals surface area contributed by atoms with Gasteiger partial charge in [-0.1, -0.05) is 0 Å². The molecule has 3 aromatic rings. The van der Waals surface area contributed by atoms with Gasteiger partial charge >= 0.3 is 0 Å². The molecule has 1 aliphatic heterocycles. The number of pyridine rings is 2. The molecule has 0 amide bonds. The topological polar surface area (TPSA) is 43.6 Å². The maximum Gasteiger partial charge on any atom is 0.164 e. The molecule has 1 unspecified atom stereocenters. The zero-order valence-corrected chi connectivity index (χ0v) is 12.5. The van der Waals surface area contributed by atoms with Crippen LogP contribution in [0.15, 0.2) is 42.9 Å². The first kappa shape index (κ1) is 12.8. The maximum absolute atomic E-state index is 4.82. The van der Waals surface area contributed by atoms with E-state index in [9.17, 15) is 0 Å². The van der Waals surface area contributed by atoms with Crippen LogP contribution in [0.25, 0.3) is 16.9 Å². The van der Waals surface area contributed by atoms with Crippen LogP contribution < -0.4 is 0 Å².